The summed E-state index contributed by atoms with van der Waals surface area (Å²) in [4.78, 5) is 27.1. The number of hydrogen-bond donors (Lipinski definition) is 1. The second-order valence-electron chi connectivity index (χ2n) is 6.26. The highest BCUT2D eigenvalue weighted by Crippen LogP contribution is 2.35. The van der Waals surface area contributed by atoms with Gasteiger partial charge in [0, 0.05) is 18.3 Å². The van der Waals surface area contributed by atoms with Gasteiger partial charge in [-0.15, -0.1) is 0 Å². The van der Waals surface area contributed by atoms with Crippen LogP contribution in [0.3, 0.4) is 0 Å². The van der Waals surface area contributed by atoms with E-state index in [9.17, 15) is 9.59 Å². The minimum absolute atomic E-state index is 0.220. The number of imide groups is 1. The number of anilines is 1. The van der Waals surface area contributed by atoms with E-state index in [1.807, 2.05) is 25.1 Å². The van der Waals surface area contributed by atoms with Crippen molar-refractivity contribution in [2.24, 2.45) is 0 Å². The van der Waals surface area contributed by atoms with Crippen LogP contribution in [0.4, 0.5) is 5.69 Å². The molecule has 0 aromatic heterocycles. The van der Waals surface area contributed by atoms with Crippen molar-refractivity contribution in [2.45, 2.75) is 13.8 Å². The molecule has 2 amide bonds. The van der Waals surface area contributed by atoms with Crippen LogP contribution in [-0.4, -0.2) is 44.1 Å². The fraction of sp³-hybridized carbons (Fsp3) is 0.273. The molecule has 0 unspecified atom stereocenters. The molecule has 3 rings (SSSR count). The van der Waals surface area contributed by atoms with Gasteiger partial charge in [-0.3, -0.25) is 14.5 Å². The SMILES string of the molecule is CCOc1cccc(NC2=C(c3ccc(OC)c(OC)c3)C(=O)N(CC)C2=O)c1. The number of carbonyl (C=O) groups is 2. The number of likely N-dealkylation sites (N-methyl/N-ethyl adjacent to an activating group) is 1. The van der Waals surface area contributed by atoms with Crippen LogP contribution in [0.25, 0.3) is 5.57 Å². The Kier molecular flexibility index (Phi) is 6.07. The first kappa shape index (κ1) is 20.3. The lowest BCUT2D eigenvalue weighted by Gasteiger charge is -2.12. The molecular weight excluding hydrogens is 372 g/mol. The molecule has 0 bridgehead atoms. The second kappa shape index (κ2) is 8.68. The van der Waals surface area contributed by atoms with Crippen molar-refractivity contribution >= 4 is 23.1 Å². The van der Waals surface area contributed by atoms with Crippen molar-refractivity contribution in [1.29, 1.82) is 0 Å². The van der Waals surface area contributed by atoms with E-state index in [4.69, 9.17) is 14.2 Å². The Balaban J connectivity index is 2.08. The van der Waals surface area contributed by atoms with Crippen molar-refractivity contribution in [3.05, 3.63) is 53.7 Å². The maximum absolute atomic E-state index is 13.0. The zero-order valence-electron chi connectivity index (χ0n) is 16.9. The number of ether oxygens (including phenoxy) is 3. The van der Waals surface area contributed by atoms with E-state index in [2.05, 4.69) is 5.32 Å². The fourth-order valence-corrected chi connectivity index (χ4v) is 3.21. The summed E-state index contributed by atoms with van der Waals surface area (Å²) in [6.07, 6.45) is 0. The summed E-state index contributed by atoms with van der Waals surface area (Å²) < 4.78 is 16.1. The molecule has 7 nitrogen and oxygen atoms in total. The molecule has 0 saturated heterocycles. The summed E-state index contributed by atoms with van der Waals surface area (Å²) in [5.41, 5.74) is 1.74. The lowest BCUT2D eigenvalue weighted by Crippen LogP contribution is -2.32. The highest BCUT2D eigenvalue weighted by Gasteiger charge is 2.38. The van der Waals surface area contributed by atoms with Gasteiger partial charge in [0.25, 0.3) is 11.8 Å². The molecule has 7 heteroatoms. The van der Waals surface area contributed by atoms with Crippen LogP contribution in [0, 0.1) is 0 Å². The summed E-state index contributed by atoms with van der Waals surface area (Å²) >= 11 is 0. The lowest BCUT2D eigenvalue weighted by molar-refractivity contribution is -0.136. The summed E-state index contributed by atoms with van der Waals surface area (Å²) in [7, 11) is 3.06. The summed E-state index contributed by atoms with van der Waals surface area (Å²) in [5, 5.41) is 3.11. The molecule has 152 valence electrons. The predicted molar refractivity (Wildman–Crippen MR) is 110 cm³/mol. The number of carbonyl (C=O) groups excluding carboxylic acids is 2. The van der Waals surface area contributed by atoms with Crippen LogP contribution in [0.5, 0.6) is 17.2 Å². The molecule has 0 atom stereocenters. The zero-order valence-corrected chi connectivity index (χ0v) is 16.9. The molecule has 29 heavy (non-hydrogen) atoms. The number of methoxy groups -OCH3 is 2. The van der Waals surface area contributed by atoms with Crippen LogP contribution in [0.1, 0.15) is 19.4 Å². The van der Waals surface area contributed by atoms with Crippen LogP contribution in [0.2, 0.25) is 0 Å². The molecule has 0 aliphatic carbocycles. The molecule has 1 aliphatic heterocycles. The quantitative estimate of drug-likeness (QED) is 0.690. The predicted octanol–water partition coefficient (Wildman–Crippen LogP) is 3.31. The van der Waals surface area contributed by atoms with Gasteiger partial charge in [0.05, 0.1) is 26.4 Å². The minimum atomic E-state index is -0.371. The highest BCUT2D eigenvalue weighted by atomic mass is 16.5. The largest absolute Gasteiger partial charge is 0.494 e. The van der Waals surface area contributed by atoms with Crippen molar-refractivity contribution < 1.29 is 23.8 Å². The minimum Gasteiger partial charge on any atom is -0.494 e. The molecular formula is C22H24N2O5. The number of nitrogens with zero attached hydrogens (tertiary/aromatic N) is 1. The number of rotatable bonds is 8. The Hall–Kier alpha value is -3.48. The van der Waals surface area contributed by atoms with E-state index in [1.54, 1.807) is 31.2 Å². The Bertz CT molecular complexity index is 967. The van der Waals surface area contributed by atoms with Gasteiger partial charge >= 0.3 is 0 Å². The van der Waals surface area contributed by atoms with Gasteiger partial charge in [-0.05, 0) is 43.7 Å². The Morgan fingerprint density at radius 2 is 1.69 bits per heavy atom. The Labute approximate surface area is 169 Å². The molecule has 0 saturated carbocycles. The van der Waals surface area contributed by atoms with E-state index in [-0.39, 0.29) is 24.1 Å². The first-order valence-corrected chi connectivity index (χ1v) is 9.36. The topological polar surface area (TPSA) is 77.1 Å². The Morgan fingerprint density at radius 1 is 0.931 bits per heavy atom. The third-order valence-electron chi connectivity index (χ3n) is 4.57. The molecule has 1 N–H and O–H groups in total. The van der Waals surface area contributed by atoms with E-state index in [0.29, 0.717) is 40.7 Å². The average Bonchev–Trinajstić information content (AvgIpc) is 2.97. The maximum Gasteiger partial charge on any atom is 0.278 e. The van der Waals surface area contributed by atoms with Gasteiger partial charge in [-0.25, -0.2) is 0 Å². The van der Waals surface area contributed by atoms with Crippen LogP contribution in [0.15, 0.2) is 48.2 Å². The zero-order chi connectivity index (χ0) is 21.0. The monoisotopic (exact) mass is 396 g/mol. The van der Waals surface area contributed by atoms with E-state index < -0.39 is 0 Å². The molecule has 0 radical (unpaired) electrons. The van der Waals surface area contributed by atoms with Gasteiger partial charge in [0.2, 0.25) is 0 Å². The molecule has 0 fully saturated rings. The van der Waals surface area contributed by atoms with Crippen molar-refractivity contribution in [3.8, 4) is 17.2 Å². The lowest BCUT2D eigenvalue weighted by atomic mass is 10.0. The van der Waals surface area contributed by atoms with E-state index in [0.717, 1.165) is 0 Å². The first-order chi connectivity index (χ1) is 14.0. The number of amides is 2. The Morgan fingerprint density at radius 3 is 2.34 bits per heavy atom. The van der Waals surface area contributed by atoms with E-state index in [1.165, 1.54) is 19.1 Å². The smallest absolute Gasteiger partial charge is 0.278 e. The highest BCUT2D eigenvalue weighted by molar-refractivity contribution is 6.36. The average molecular weight is 396 g/mol. The van der Waals surface area contributed by atoms with Crippen molar-refractivity contribution in [2.75, 3.05) is 32.7 Å². The molecule has 2 aromatic rings. The van der Waals surface area contributed by atoms with Crippen molar-refractivity contribution in [3.63, 3.8) is 0 Å². The third-order valence-corrected chi connectivity index (χ3v) is 4.57. The summed E-state index contributed by atoms with van der Waals surface area (Å²) in [6, 6.07) is 12.4. The first-order valence-electron chi connectivity index (χ1n) is 9.36. The van der Waals surface area contributed by atoms with Gasteiger partial charge in [-0.1, -0.05) is 12.1 Å². The molecule has 2 aromatic carbocycles. The summed E-state index contributed by atoms with van der Waals surface area (Å²) in [6.45, 7) is 4.47. The summed E-state index contributed by atoms with van der Waals surface area (Å²) in [5.74, 6) is 0.970. The van der Waals surface area contributed by atoms with Crippen LogP contribution in [-0.2, 0) is 9.59 Å². The standard InChI is InChI=1S/C22H24N2O5/c1-5-24-21(25)19(14-10-11-17(27-3)18(12-14)28-4)20(22(24)26)23-15-8-7-9-16(13-15)29-6-2/h7-13,23H,5-6H2,1-4H3. The van der Waals surface area contributed by atoms with Gasteiger partial charge in [0.15, 0.2) is 11.5 Å². The van der Waals surface area contributed by atoms with Gasteiger partial charge < -0.3 is 19.5 Å². The van der Waals surface area contributed by atoms with Gasteiger partial charge in [0.1, 0.15) is 11.4 Å². The van der Waals surface area contributed by atoms with Gasteiger partial charge in [-0.2, -0.15) is 0 Å². The third kappa shape index (κ3) is 3.89. The second-order valence-corrected chi connectivity index (χ2v) is 6.26. The molecule has 0 spiro atoms. The normalized spacial score (nSPS) is 13.7. The number of benzene rings is 2. The van der Waals surface area contributed by atoms with Crippen LogP contribution < -0.4 is 19.5 Å². The van der Waals surface area contributed by atoms with Crippen molar-refractivity contribution in [1.82, 2.24) is 4.90 Å². The fourth-order valence-electron chi connectivity index (χ4n) is 3.21. The maximum atomic E-state index is 13.0. The molecule has 1 heterocycles. The van der Waals surface area contributed by atoms with E-state index >= 15 is 0 Å². The molecule has 1 aliphatic rings. The number of hydrogen-bond acceptors (Lipinski definition) is 6. The number of nitrogens with one attached hydrogen (secondary N) is 1. The van der Waals surface area contributed by atoms with Crippen LogP contribution >= 0.6 is 0 Å².